The van der Waals surface area contributed by atoms with Gasteiger partial charge in [0.25, 0.3) is 5.91 Å². The monoisotopic (exact) mass is 363 g/mol. The number of morpholine rings is 1. The summed E-state index contributed by atoms with van der Waals surface area (Å²) in [4.78, 5) is 14.0. The van der Waals surface area contributed by atoms with Crippen LogP contribution in [0, 0.1) is 11.6 Å². The van der Waals surface area contributed by atoms with E-state index in [1.54, 1.807) is 19.2 Å². The van der Waals surface area contributed by atoms with Gasteiger partial charge >= 0.3 is 0 Å². The smallest absolute Gasteiger partial charge is 0.254 e. The maximum absolute atomic E-state index is 13.3. The van der Waals surface area contributed by atoms with Crippen LogP contribution in [0.3, 0.4) is 0 Å². The molecule has 138 valence electrons. The largest absolute Gasteiger partial charge is 0.493 e. The molecule has 2 aromatic carbocycles. The molecule has 7 heteroatoms. The van der Waals surface area contributed by atoms with Gasteiger partial charge in [-0.25, -0.2) is 8.78 Å². The highest BCUT2D eigenvalue weighted by molar-refractivity contribution is 5.94. The molecule has 1 amide bonds. The van der Waals surface area contributed by atoms with E-state index >= 15 is 0 Å². The lowest BCUT2D eigenvalue weighted by molar-refractivity contribution is -0.0404. The van der Waals surface area contributed by atoms with Crippen molar-refractivity contribution in [2.24, 2.45) is 0 Å². The van der Waals surface area contributed by atoms with E-state index in [-0.39, 0.29) is 24.8 Å². The second kappa shape index (κ2) is 8.14. The Hall–Kier alpha value is -2.67. The summed E-state index contributed by atoms with van der Waals surface area (Å²) in [6.45, 7) is 1.17. The molecule has 0 aromatic heterocycles. The van der Waals surface area contributed by atoms with Gasteiger partial charge in [-0.05, 0) is 24.3 Å². The van der Waals surface area contributed by atoms with E-state index in [0.29, 0.717) is 24.7 Å². The lowest BCUT2D eigenvalue weighted by atomic mass is 10.1. The van der Waals surface area contributed by atoms with Crippen LogP contribution in [0.25, 0.3) is 0 Å². The number of hydrogen-bond donors (Lipinski definition) is 0. The van der Waals surface area contributed by atoms with Crippen LogP contribution in [0.2, 0.25) is 0 Å². The van der Waals surface area contributed by atoms with Crippen molar-refractivity contribution in [3.05, 3.63) is 59.7 Å². The number of rotatable bonds is 5. The predicted octanol–water partition coefficient (Wildman–Crippen LogP) is 2.89. The van der Waals surface area contributed by atoms with Crippen molar-refractivity contribution >= 4 is 5.91 Å². The quantitative estimate of drug-likeness (QED) is 0.820. The first-order chi connectivity index (χ1) is 12.6. The van der Waals surface area contributed by atoms with Gasteiger partial charge in [-0.15, -0.1) is 0 Å². The summed E-state index contributed by atoms with van der Waals surface area (Å²) < 4.78 is 43.3. The van der Waals surface area contributed by atoms with E-state index in [0.717, 1.165) is 18.2 Å². The average Bonchev–Trinajstić information content (AvgIpc) is 2.65. The van der Waals surface area contributed by atoms with Gasteiger partial charge in [0.1, 0.15) is 24.3 Å². The predicted molar refractivity (Wildman–Crippen MR) is 90.5 cm³/mol. The minimum absolute atomic E-state index is 0.0196. The second-order valence-electron chi connectivity index (χ2n) is 5.86. The Morgan fingerprint density at radius 3 is 2.58 bits per heavy atom. The number of carbonyl (C=O) groups excluding carboxylic acids is 1. The van der Waals surface area contributed by atoms with Gasteiger partial charge in [0.2, 0.25) is 0 Å². The average molecular weight is 363 g/mol. The summed E-state index contributed by atoms with van der Waals surface area (Å²) in [6, 6.07) is 10.0. The van der Waals surface area contributed by atoms with Crippen LogP contribution in [0.5, 0.6) is 11.5 Å². The molecule has 0 aliphatic carbocycles. The molecule has 0 radical (unpaired) electrons. The normalized spacial score (nSPS) is 17.0. The van der Waals surface area contributed by atoms with E-state index in [1.807, 2.05) is 12.1 Å². The van der Waals surface area contributed by atoms with Crippen molar-refractivity contribution in [2.75, 3.05) is 33.4 Å². The van der Waals surface area contributed by atoms with Gasteiger partial charge in [-0.3, -0.25) is 4.79 Å². The lowest BCUT2D eigenvalue weighted by Gasteiger charge is -2.33. The van der Waals surface area contributed by atoms with E-state index in [2.05, 4.69) is 0 Å². The number of amides is 1. The third-order valence-corrected chi connectivity index (χ3v) is 4.03. The summed E-state index contributed by atoms with van der Waals surface area (Å²) in [5, 5.41) is 0. The van der Waals surface area contributed by atoms with Gasteiger partial charge in [0.15, 0.2) is 11.5 Å². The number of carbonyl (C=O) groups is 1. The van der Waals surface area contributed by atoms with Gasteiger partial charge in [0.05, 0.1) is 20.3 Å². The Labute approximate surface area is 150 Å². The van der Waals surface area contributed by atoms with Crippen LogP contribution in [0.1, 0.15) is 10.4 Å². The number of halogens is 2. The molecule has 0 bridgehead atoms. The molecule has 1 atom stereocenters. The molecule has 1 aliphatic rings. The molecule has 0 saturated carbocycles. The fourth-order valence-corrected chi connectivity index (χ4v) is 2.79. The van der Waals surface area contributed by atoms with Crippen LogP contribution in [-0.2, 0) is 4.74 Å². The number of nitrogens with zero attached hydrogens (tertiary/aromatic N) is 1. The molecular formula is C19H19F2NO4. The molecular weight excluding hydrogens is 344 g/mol. The summed E-state index contributed by atoms with van der Waals surface area (Å²) in [5.41, 5.74) is -0.0196. The first kappa shape index (κ1) is 18.1. The topological polar surface area (TPSA) is 48.0 Å². The fraction of sp³-hybridized carbons (Fsp3) is 0.316. The standard InChI is InChI=1S/C19H19F2NO4/c1-24-17-4-2-3-5-18(17)26-12-16-11-22(6-7-25-16)19(23)13-8-14(20)10-15(21)9-13/h2-5,8-10,16H,6-7,11-12H2,1H3. The SMILES string of the molecule is COc1ccccc1OCC1CN(C(=O)c2cc(F)cc(F)c2)CCO1. The minimum atomic E-state index is -0.780. The molecule has 1 saturated heterocycles. The van der Waals surface area contributed by atoms with Crippen LogP contribution in [0.15, 0.2) is 42.5 Å². The zero-order valence-corrected chi connectivity index (χ0v) is 14.3. The summed E-state index contributed by atoms with van der Waals surface area (Å²) >= 11 is 0. The van der Waals surface area contributed by atoms with E-state index in [1.165, 1.54) is 4.90 Å². The molecule has 0 N–H and O–H groups in total. The highest BCUT2D eigenvalue weighted by Crippen LogP contribution is 2.26. The fourth-order valence-electron chi connectivity index (χ4n) is 2.79. The van der Waals surface area contributed by atoms with Gasteiger partial charge in [-0.2, -0.15) is 0 Å². The number of methoxy groups -OCH3 is 1. The highest BCUT2D eigenvalue weighted by Gasteiger charge is 2.26. The molecule has 26 heavy (non-hydrogen) atoms. The van der Waals surface area contributed by atoms with Gasteiger partial charge < -0.3 is 19.1 Å². The summed E-state index contributed by atoms with van der Waals surface area (Å²) in [6.07, 6.45) is -0.351. The lowest BCUT2D eigenvalue weighted by Crippen LogP contribution is -2.47. The molecule has 1 fully saturated rings. The number of benzene rings is 2. The van der Waals surface area contributed by atoms with Crippen molar-refractivity contribution in [3.63, 3.8) is 0 Å². The second-order valence-corrected chi connectivity index (χ2v) is 5.86. The number of para-hydroxylation sites is 2. The summed E-state index contributed by atoms with van der Waals surface area (Å²) in [5.74, 6) is -0.815. The molecule has 5 nitrogen and oxygen atoms in total. The maximum atomic E-state index is 13.3. The molecule has 1 unspecified atom stereocenters. The number of hydrogen-bond acceptors (Lipinski definition) is 4. The molecule has 0 spiro atoms. The van der Waals surface area contributed by atoms with Crippen LogP contribution in [0.4, 0.5) is 8.78 Å². The minimum Gasteiger partial charge on any atom is -0.493 e. The van der Waals surface area contributed by atoms with Crippen molar-refractivity contribution in [1.82, 2.24) is 4.90 Å². The maximum Gasteiger partial charge on any atom is 0.254 e. The van der Waals surface area contributed by atoms with Crippen LogP contribution >= 0.6 is 0 Å². The van der Waals surface area contributed by atoms with E-state index in [4.69, 9.17) is 14.2 Å². The molecule has 2 aromatic rings. The van der Waals surface area contributed by atoms with Crippen LogP contribution in [-0.4, -0.2) is 50.3 Å². The Morgan fingerprint density at radius 1 is 1.19 bits per heavy atom. The molecule has 3 rings (SSSR count). The Morgan fingerprint density at radius 2 is 1.88 bits per heavy atom. The zero-order valence-electron chi connectivity index (χ0n) is 14.3. The Kier molecular flexibility index (Phi) is 5.68. The van der Waals surface area contributed by atoms with Gasteiger partial charge in [0, 0.05) is 18.2 Å². The Balaban J connectivity index is 1.62. The first-order valence-electron chi connectivity index (χ1n) is 8.19. The molecule has 1 aliphatic heterocycles. The van der Waals surface area contributed by atoms with Crippen molar-refractivity contribution in [2.45, 2.75) is 6.10 Å². The van der Waals surface area contributed by atoms with Crippen molar-refractivity contribution in [3.8, 4) is 11.5 Å². The third kappa shape index (κ3) is 4.29. The zero-order chi connectivity index (χ0) is 18.5. The Bertz CT molecular complexity index is 764. The van der Waals surface area contributed by atoms with Crippen molar-refractivity contribution < 1.29 is 27.8 Å². The molecule has 1 heterocycles. The third-order valence-electron chi connectivity index (χ3n) is 4.03. The first-order valence-corrected chi connectivity index (χ1v) is 8.19. The highest BCUT2D eigenvalue weighted by atomic mass is 19.1. The van der Waals surface area contributed by atoms with Gasteiger partial charge in [-0.1, -0.05) is 12.1 Å². The van der Waals surface area contributed by atoms with E-state index in [9.17, 15) is 13.6 Å². The van der Waals surface area contributed by atoms with Crippen molar-refractivity contribution in [1.29, 1.82) is 0 Å². The van der Waals surface area contributed by atoms with E-state index < -0.39 is 17.5 Å². The van der Waals surface area contributed by atoms with Crippen LogP contribution < -0.4 is 9.47 Å². The number of ether oxygens (including phenoxy) is 3. The summed E-state index contributed by atoms with van der Waals surface area (Å²) in [7, 11) is 1.55.